The number of nitrogens with zero attached hydrogens (tertiary/aromatic N) is 1. The number of pyridine rings is 1. The van der Waals surface area contributed by atoms with E-state index in [1.807, 2.05) is 30.3 Å². The van der Waals surface area contributed by atoms with Gasteiger partial charge in [0.25, 0.3) is 11.8 Å². The van der Waals surface area contributed by atoms with Gasteiger partial charge in [0.2, 0.25) is 0 Å². The summed E-state index contributed by atoms with van der Waals surface area (Å²) in [7, 11) is 1.52. The van der Waals surface area contributed by atoms with Crippen molar-refractivity contribution in [1.82, 2.24) is 10.3 Å². The number of halogens is 5. The SMILES string of the molecule is COCCOc1ncc(C(N)=O)c(-c2cc(C(CNC3CCC(N)CC3)c3ccccc3)ccc2Cl)c1F.O=C(O)C(F)(F)F. The Kier molecular flexibility index (Phi) is 13.1. The van der Waals surface area contributed by atoms with E-state index in [2.05, 4.69) is 22.4 Å². The van der Waals surface area contributed by atoms with Crippen LogP contribution in [0.3, 0.4) is 0 Å². The van der Waals surface area contributed by atoms with E-state index in [4.69, 9.17) is 42.4 Å². The number of ether oxygens (including phenoxy) is 2. The predicted octanol–water partition coefficient (Wildman–Crippen LogP) is 5.29. The predicted molar refractivity (Wildman–Crippen MR) is 161 cm³/mol. The molecule has 45 heavy (non-hydrogen) atoms. The molecular formula is C31H35ClF4N4O5. The number of hydrogen-bond acceptors (Lipinski definition) is 7. The molecule has 1 aliphatic carbocycles. The minimum absolute atomic E-state index is 0.0344. The molecule has 4 rings (SSSR count). The van der Waals surface area contributed by atoms with Gasteiger partial charge < -0.3 is 31.4 Å². The lowest BCUT2D eigenvalue weighted by Crippen LogP contribution is -2.39. The number of carbonyl (C=O) groups is 2. The second-order valence-corrected chi connectivity index (χ2v) is 10.8. The molecule has 0 saturated heterocycles. The zero-order valence-electron chi connectivity index (χ0n) is 24.4. The Bertz CT molecular complexity index is 1440. The molecule has 1 unspecified atom stereocenters. The van der Waals surface area contributed by atoms with Gasteiger partial charge in [-0.15, -0.1) is 0 Å². The average molecular weight is 655 g/mol. The Morgan fingerprint density at radius 1 is 1.09 bits per heavy atom. The molecule has 6 N–H and O–H groups in total. The number of carboxylic acid groups (broad SMARTS) is 1. The third-order valence-electron chi connectivity index (χ3n) is 7.27. The number of aromatic nitrogens is 1. The van der Waals surface area contributed by atoms with Crippen molar-refractivity contribution in [2.75, 3.05) is 26.9 Å². The van der Waals surface area contributed by atoms with E-state index in [0.717, 1.165) is 36.8 Å². The first-order valence-electron chi connectivity index (χ1n) is 14.1. The minimum Gasteiger partial charge on any atom is -0.475 e. The average Bonchev–Trinajstić information content (AvgIpc) is 3.00. The van der Waals surface area contributed by atoms with E-state index in [-0.39, 0.29) is 47.2 Å². The van der Waals surface area contributed by atoms with Crippen molar-refractivity contribution in [1.29, 1.82) is 0 Å². The summed E-state index contributed by atoms with van der Waals surface area (Å²) in [6.07, 6.45) is 0.209. The van der Waals surface area contributed by atoms with Gasteiger partial charge in [0.05, 0.1) is 12.2 Å². The van der Waals surface area contributed by atoms with Crippen molar-refractivity contribution in [3.05, 3.63) is 82.3 Å². The van der Waals surface area contributed by atoms with Crippen LogP contribution in [-0.2, 0) is 9.53 Å². The number of amides is 1. The van der Waals surface area contributed by atoms with E-state index < -0.39 is 23.9 Å². The Balaban J connectivity index is 0.000000707. The smallest absolute Gasteiger partial charge is 0.475 e. The topological polar surface area (TPSA) is 150 Å². The molecular weight excluding hydrogens is 620 g/mol. The van der Waals surface area contributed by atoms with Gasteiger partial charge in [0.15, 0.2) is 5.82 Å². The number of primary amides is 1. The summed E-state index contributed by atoms with van der Waals surface area (Å²) in [5.41, 5.74) is 14.0. The van der Waals surface area contributed by atoms with Gasteiger partial charge in [-0.3, -0.25) is 4.79 Å². The van der Waals surface area contributed by atoms with E-state index in [1.165, 1.54) is 13.3 Å². The van der Waals surface area contributed by atoms with Crippen LogP contribution in [0.1, 0.15) is 53.1 Å². The summed E-state index contributed by atoms with van der Waals surface area (Å²) in [5, 5.41) is 11.1. The summed E-state index contributed by atoms with van der Waals surface area (Å²) in [5.74, 6) is -4.66. The van der Waals surface area contributed by atoms with E-state index in [0.29, 0.717) is 18.2 Å². The van der Waals surface area contributed by atoms with Gasteiger partial charge in [-0.25, -0.2) is 14.2 Å². The third-order valence-corrected chi connectivity index (χ3v) is 7.60. The van der Waals surface area contributed by atoms with Crippen LogP contribution in [0.15, 0.2) is 54.7 Å². The summed E-state index contributed by atoms with van der Waals surface area (Å²) in [4.78, 5) is 25.1. The Labute approximate surface area is 262 Å². The Hall–Kier alpha value is -3.78. The molecule has 14 heteroatoms. The molecule has 0 radical (unpaired) electrons. The van der Waals surface area contributed by atoms with Crippen LogP contribution in [0.25, 0.3) is 11.1 Å². The Morgan fingerprint density at radius 3 is 2.31 bits per heavy atom. The summed E-state index contributed by atoms with van der Waals surface area (Å²) in [6, 6.07) is 16.2. The first kappa shape index (κ1) is 35.7. The van der Waals surface area contributed by atoms with Crippen molar-refractivity contribution in [2.45, 2.75) is 49.9 Å². The van der Waals surface area contributed by atoms with Crippen LogP contribution >= 0.6 is 11.6 Å². The van der Waals surface area contributed by atoms with Crippen molar-refractivity contribution in [3.63, 3.8) is 0 Å². The molecule has 244 valence electrons. The lowest BCUT2D eigenvalue weighted by Gasteiger charge is -2.29. The molecule has 1 saturated carbocycles. The number of carboxylic acids is 1. The van der Waals surface area contributed by atoms with Gasteiger partial charge in [-0.1, -0.05) is 48.0 Å². The number of nitrogens with one attached hydrogen (secondary N) is 1. The molecule has 0 aliphatic heterocycles. The molecule has 0 bridgehead atoms. The molecule has 1 aliphatic rings. The highest BCUT2D eigenvalue weighted by Gasteiger charge is 2.38. The number of hydrogen-bond donors (Lipinski definition) is 4. The quantitative estimate of drug-likeness (QED) is 0.161. The van der Waals surface area contributed by atoms with Gasteiger partial charge in [-0.2, -0.15) is 13.2 Å². The van der Waals surface area contributed by atoms with Crippen LogP contribution in [0.4, 0.5) is 17.6 Å². The largest absolute Gasteiger partial charge is 0.490 e. The minimum atomic E-state index is -5.08. The maximum absolute atomic E-state index is 15.7. The number of nitrogens with two attached hydrogens (primary N) is 2. The number of alkyl halides is 3. The summed E-state index contributed by atoms with van der Waals surface area (Å²) in [6.45, 7) is 1.03. The first-order valence-corrected chi connectivity index (χ1v) is 14.4. The van der Waals surface area contributed by atoms with Gasteiger partial charge in [0, 0.05) is 54.0 Å². The van der Waals surface area contributed by atoms with Crippen molar-refractivity contribution < 1.29 is 41.7 Å². The number of methoxy groups -OCH3 is 1. The van der Waals surface area contributed by atoms with E-state index in [9.17, 15) is 18.0 Å². The molecule has 1 heterocycles. The van der Waals surface area contributed by atoms with Crippen LogP contribution < -0.4 is 21.5 Å². The molecule has 1 amide bonds. The monoisotopic (exact) mass is 654 g/mol. The van der Waals surface area contributed by atoms with Gasteiger partial charge in [-0.05, 0) is 48.9 Å². The number of carbonyl (C=O) groups excluding carboxylic acids is 1. The first-order chi connectivity index (χ1) is 21.3. The summed E-state index contributed by atoms with van der Waals surface area (Å²) >= 11 is 6.59. The lowest BCUT2D eigenvalue weighted by atomic mass is 9.87. The molecule has 1 aromatic heterocycles. The van der Waals surface area contributed by atoms with Crippen molar-refractivity contribution in [2.24, 2.45) is 11.5 Å². The Morgan fingerprint density at radius 2 is 1.73 bits per heavy atom. The fraction of sp³-hybridized carbons (Fsp3) is 0.387. The zero-order chi connectivity index (χ0) is 33.1. The van der Waals surface area contributed by atoms with Crippen LogP contribution in [0.2, 0.25) is 5.02 Å². The maximum atomic E-state index is 15.7. The molecule has 0 spiro atoms. The van der Waals surface area contributed by atoms with Crippen molar-refractivity contribution in [3.8, 4) is 17.0 Å². The van der Waals surface area contributed by atoms with Crippen molar-refractivity contribution >= 4 is 23.5 Å². The third kappa shape index (κ3) is 10.1. The van der Waals surface area contributed by atoms with Gasteiger partial charge in [0.1, 0.15) is 6.61 Å². The highest BCUT2D eigenvalue weighted by atomic mass is 35.5. The standard InChI is InChI=1S/C29H34ClFN4O3.C2HF3O2/c1-37-13-14-38-29-27(31)26(24(17-35-29)28(33)36)22-15-19(7-12-25(22)30)23(18-5-3-2-4-6-18)16-34-21-10-8-20(32)9-11-21;3-2(4,5)1(6)7/h2-7,12,15,17,20-21,23,34H,8-11,13-14,16,32H2,1H3,(H2,33,36);(H,6,7). The number of aliphatic carboxylic acids is 1. The number of rotatable bonds is 11. The van der Waals surface area contributed by atoms with Crippen LogP contribution in [-0.4, -0.2) is 67.1 Å². The fourth-order valence-corrected chi connectivity index (χ4v) is 5.13. The molecule has 1 fully saturated rings. The zero-order valence-corrected chi connectivity index (χ0v) is 25.2. The van der Waals surface area contributed by atoms with E-state index in [1.54, 1.807) is 6.07 Å². The van der Waals surface area contributed by atoms with Gasteiger partial charge >= 0.3 is 12.1 Å². The lowest BCUT2D eigenvalue weighted by molar-refractivity contribution is -0.192. The second kappa shape index (κ2) is 16.5. The normalized spacial score (nSPS) is 17.1. The summed E-state index contributed by atoms with van der Waals surface area (Å²) < 4.78 is 57.9. The molecule has 2 aromatic carbocycles. The maximum Gasteiger partial charge on any atom is 0.490 e. The highest BCUT2D eigenvalue weighted by molar-refractivity contribution is 6.33. The van der Waals surface area contributed by atoms with Crippen LogP contribution in [0.5, 0.6) is 5.88 Å². The highest BCUT2D eigenvalue weighted by Crippen LogP contribution is 2.38. The number of benzene rings is 2. The molecule has 1 atom stereocenters. The molecule has 9 nitrogen and oxygen atoms in total. The van der Waals surface area contributed by atoms with Crippen LogP contribution in [0, 0.1) is 5.82 Å². The molecule has 3 aromatic rings. The second-order valence-electron chi connectivity index (χ2n) is 10.4. The fourth-order valence-electron chi connectivity index (χ4n) is 4.91. The van der Waals surface area contributed by atoms with E-state index >= 15 is 4.39 Å².